The number of aryl methyl sites for hydroxylation is 1. The third kappa shape index (κ3) is 2.73. The first-order chi connectivity index (χ1) is 7.41. The van der Waals surface area contributed by atoms with Crippen molar-refractivity contribution in [2.24, 2.45) is 5.92 Å². The SMILES string of the molecule is Cc1ccc(NC(=O)C(C)C(=O)O)c(O)c1. The fraction of sp³-hybridized carbons (Fsp3) is 0.273. The van der Waals surface area contributed by atoms with Crippen molar-refractivity contribution >= 4 is 17.6 Å². The number of carboxylic acid groups (broad SMARTS) is 1. The highest BCUT2D eigenvalue weighted by Crippen LogP contribution is 2.24. The maximum absolute atomic E-state index is 11.4. The summed E-state index contributed by atoms with van der Waals surface area (Å²) in [5.41, 5.74) is 1.06. The largest absolute Gasteiger partial charge is 0.506 e. The van der Waals surface area contributed by atoms with Crippen molar-refractivity contribution in [3.8, 4) is 5.75 Å². The summed E-state index contributed by atoms with van der Waals surface area (Å²) in [4.78, 5) is 21.9. The lowest BCUT2D eigenvalue weighted by atomic mass is 10.1. The summed E-state index contributed by atoms with van der Waals surface area (Å²) in [5, 5.41) is 20.5. The Balaban J connectivity index is 2.81. The van der Waals surface area contributed by atoms with Crippen LogP contribution in [-0.4, -0.2) is 22.1 Å². The molecule has 0 aliphatic rings. The standard InChI is InChI=1S/C11H13NO4/c1-6-3-4-8(9(13)5-6)12-10(14)7(2)11(15)16/h3-5,7,13H,1-2H3,(H,12,14)(H,15,16). The number of phenolic OH excluding ortho intramolecular Hbond substituents is 1. The van der Waals surface area contributed by atoms with E-state index >= 15 is 0 Å². The molecule has 0 aliphatic carbocycles. The molecular weight excluding hydrogens is 210 g/mol. The number of aromatic hydroxyl groups is 1. The summed E-state index contributed by atoms with van der Waals surface area (Å²) in [7, 11) is 0. The normalized spacial score (nSPS) is 11.9. The second-order valence-corrected chi connectivity index (χ2v) is 3.57. The van der Waals surface area contributed by atoms with Gasteiger partial charge in [0.15, 0.2) is 0 Å². The summed E-state index contributed by atoms with van der Waals surface area (Å²) < 4.78 is 0. The van der Waals surface area contributed by atoms with Crippen molar-refractivity contribution in [1.82, 2.24) is 0 Å². The van der Waals surface area contributed by atoms with Gasteiger partial charge in [-0.2, -0.15) is 0 Å². The predicted molar refractivity (Wildman–Crippen MR) is 58.3 cm³/mol. The lowest BCUT2D eigenvalue weighted by Crippen LogP contribution is -2.26. The summed E-state index contributed by atoms with van der Waals surface area (Å²) in [6, 6.07) is 4.72. The smallest absolute Gasteiger partial charge is 0.315 e. The first kappa shape index (κ1) is 12.0. The average Bonchev–Trinajstić information content (AvgIpc) is 2.20. The van der Waals surface area contributed by atoms with E-state index in [1.165, 1.54) is 19.1 Å². The Morgan fingerprint density at radius 1 is 1.38 bits per heavy atom. The Labute approximate surface area is 92.7 Å². The van der Waals surface area contributed by atoms with Crippen LogP contribution in [0.1, 0.15) is 12.5 Å². The minimum absolute atomic E-state index is 0.0778. The minimum atomic E-state index is -1.20. The van der Waals surface area contributed by atoms with E-state index in [9.17, 15) is 14.7 Å². The molecule has 1 amide bonds. The highest BCUT2D eigenvalue weighted by atomic mass is 16.4. The van der Waals surface area contributed by atoms with Crippen LogP contribution in [0.4, 0.5) is 5.69 Å². The van der Waals surface area contributed by atoms with Crippen molar-refractivity contribution in [2.45, 2.75) is 13.8 Å². The van der Waals surface area contributed by atoms with Crippen LogP contribution < -0.4 is 5.32 Å². The van der Waals surface area contributed by atoms with E-state index in [-0.39, 0.29) is 11.4 Å². The van der Waals surface area contributed by atoms with Crippen molar-refractivity contribution in [2.75, 3.05) is 5.32 Å². The second kappa shape index (κ2) is 4.65. The predicted octanol–water partition coefficient (Wildman–Crippen LogP) is 1.36. The Kier molecular flexibility index (Phi) is 3.50. The molecule has 1 unspecified atom stereocenters. The number of carbonyl (C=O) groups excluding carboxylic acids is 1. The van der Waals surface area contributed by atoms with Gasteiger partial charge < -0.3 is 15.5 Å². The van der Waals surface area contributed by atoms with Gasteiger partial charge in [-0.25, -0.2) is 0 Å². The van der Waals surface area contributed by atoms with E-state index in [1.54, 1.807) is 13.0 Å². The maximum atomic E-state index is 11.4. The van der Waals surface area contributed by atoms with Crippen molar-refractivity contribution in [1.29, 1.82) is 0 Å². The number of phenols is 1. The van der Waals surface area contributed by atoms with Crippen LogP contribution in [0.15, 0.2) is 18.2 Å². The molecule has 1 rings (SSSR count). The fourth-order valence-electron chi connectivity index (χ4n) is 1.10. The lowest BCUT2D eigenvalue weighted by Gasteiger charge is -2.10. The van der Waals surface area contributed by atoms with Gasteiger partial charge in [-0.15, -0.1) is 0 Å². The molecule has 0 radical (unpaired) electrons. The molecule has 1 aromatic rings. The summed E-state index contributed by atoms with van der Waals surface area (Å²) >= 11 is 0. The van der Waals surface area contributed by atoms with Crippen LogP contribution in [0.25, 0.3) is 0 Å². The fourth-order valence-corrected chi connectivity index (χ4v) is 1.10. The van der Waals surface area contributed by atoms with Crippen LogP contribution >= 0.6 is 0 Å². The number of hydrogen-bond acceptors (Lipinski definition) is 3. The molecule has 0 spiro atoms. The van der Waals surface area contributed by atoms with Crippen LogP contribution in [0.3, 0.4) is 0 Å². The molecule has 0 aliphatic heterocycles. The first-order valence-corrected chi connectivity index (χ1v) is 4.75. The van der Waals surface area contributed by atoms with E-state index in [4.69, 9.17) is 5.11 Å². The molecule has 0 fully saturated rings. The molecule has 1 aromatic carbocycles. The van der Waals surface area contributed by atoms with E-state index < -0.39 is 17.8 Å². The first-order valence-electron chi connectivity index (χ1n) is 4.75. The summed E-state index contributed by atoms with van der Waals surface area (Å²) in [6.07, 6.45) is 0. The van der Waals surface area contributed by atoms with E-state index in [2.05, 4.69) is 5.32 Å². The molecule has 86 valence electrons. The molecule has 3 N–H and O–H groups in total. The Morgan fingerprint density at radius 2 is 2.00 bits per heavy atom. The summed E-state index contributed by atoms with van der Waals surface area (Å²) in [5.74, 6) is -3.10. The number of amides is 1. The molecular formula is C11H13NO4. The van der Waals surface area contributed by atoms with Gasteiger partial charge in [-0.1, -0.05) is 6.07 Å². The minimum Gasteiger partial charge on any atom is -0.506 e. The highest BCUT2D eigenvalue weighted by Gasteiger charge is 2.21. The number of anilines is 1. The van der Waals surface area contributed by atoms with Crippen LogP contribution in [-0.2, 0) is 9.59 Å². The molecule has 1 atom stereocenters. The molecule has 16 heavy (non-hydrogen) atoms. The van der Waals surface area contributed by atoms with Gasteiger partial charge in [-0.05, 0) is 31.5 Å². The molecule has 5 heteroatoms. The molecule has 0 aromatic heterocycles. The third-order valence-corrected chi connectivity index (χ3v) is 2.17. The number of carboxylic acids is 1. The molecule has 0 bridgehead atoms. The average molecular weight is 223 g/mol. The van der Waals surface area contributed by atoms with Crippen molar-refractivity contribution in [3.63, 3.8) is 0 Å². The molecule has 0 heterocycles. The monoisotopic (exact) mass is 223 g/mol. The van der Waals surface area contributed by atoms with Crippen LogP contribution in [0, 0.1) is 12.8 Å². The number of nitrogens with one attached hydrogen (secondary N) is 1. The van der Waals surface area contributed by atoms with Gasteiger partial charge in [0.2, 0.25) is 5.91 Å². The number of benzene rings is 1. The number of aliphatic carboxylic acids is 1. The maximum Gasteiger partial charge on any atom is 0.315 e. The van der Waals surface area contributed by atoms with Gasteiger partial charge in [0.25, 0.3) is 0 Å². The molecule has 0 saturated heterocycles. The number of hydrogen-bond donors (Lipinski definition) is 3. The van der Waals surface area contributed by atoms with Gasteiger partial charge in [-0.3, -0.25) is 9.59 Å². The quantitative estimate of drug-likeness (QED) is 0.533. The second-order valence-electron chi connectivity index (χ2n) is 3.57. The van der Waals surface area contributed by atoms with E-state index in [0.717, 1.165) is 5.56 Å². The number of rotatable bonds is 3. The topological polar surface area (TPSA) is 86.6 Å². The van der Waals surface area contributed by atoms with Crippen molar-refractivity contribution < 1.29 is 19.8 Å². The zero-order chi connectivity index (χ0) is 12.3. The van der Waals surface area contributed by atoms with Crippen molar-refractivity contribution in [3.05, 3.63) is 23.8 Å². The zero-order valence-electron chi connectivity index (χ0n) is 9.02. The third-order valence-electron chi connectivity index (χ3n) is 2.17. The molecule has 5 nitrogen and oxygen atoms in total. The Hall–Kier alpha value is -2.04. The molecule has 0 saturated carbocycles. The lowest BCUT2D eigenvalue weighted by molar-refractivity contribution is -0.144. The Morgan fingerprint density at radius 3 is 2.50 bits per heavy atom. The van der Waals surface area contributed by atoms with E-state index in [1.807, 2.05) is 0 Å². The van der Waals surface area contributed by atoms with Gasteiger partial charge in [0.05, 0.1) is 5.69 Å². The van der Waals surface area contributed by atoms with E-state index in [0.29, 0.717) is 0 Å². The Bertz CT molecular complexity index is 428. The van der Waals surface area contributed by atoms with Crippen LogP contribution in [0.2, 0.25) is 0 Å². The van der Waals surface area contributed by atoms with Crippen LogP contribution in [0.5, 0.6) is 5.75 Å². The van der Waals surface area contributed by atoms with Gasteiger partial charge in [0, 0.05) is 0 Å². The highest BCUT2D eigenvalue weighted by molar-refractivity contribution is 6.04. The number of carbonyl (C=O) groups is 2. The zero-order valence-corrected chi connectivity index (χ0v) is 9.02. The van der Waals surface area contributed by atoms with Gasteiger partial charge >= 0.3 is 5.97 Å². The summed E-state index contributed by atoms with van der Waals surface area (Å²) in [6.45, 7) is 3.08. The van der Waals surface area contributed by atoms with Gasteiger partial charge in [0.1, 0.15) is 11.7 Å².